The monoisotopic (exact) mass is 318 g/mol. The molecular weight excluding hydrogens is 296 g/mol. The van der Waals surface area contributed by atoms with Crippen LogP contribution >= 0.6 is 11.3 Å². The standard InChI is InChI=1S/C13H22N2O3S2/c1-3-14-10-12-13(6-9-19-12)20(16,17)15(7-8-18-2)11-4-5-11/h6,9,11,14H,3-5,7-8,10H2,1-2H3. The van der Waals surface area contributed by atoms with Gasteiger partial charge in [-0.1, -0.05) is 6.92 Å². The fourth-order valence-corrected chi connectivity index (χ4v) is 5.15. The number of rotatable bonds is 9. The van der Waals surface area contributed by atoms with Crippen molar-refractivity contribution in [1.29, 1.82) is 0 Å². The average molecular weight is 318 g/mol. The molecule has 0 spiro atoms. The molecule has 20 heavy (non-hydrogen) atoms. The molecule has 2 rings (SSSR count). The van der Waals surface area contributed by atoms with E-state index in [1.54, 1.807) is 17.5 Å². The Balaban J connectivity index is 2.21. The molecule has 0 atom stereocenters. The first-order valence-corrected chi connectivity index (χ1v) is 9.21. The Morgan fingerprint density at radius 3 is 2.85 bits per heavy atom. The highest BCUT2D eigenvalue weighted by Crippen LogP contribution is 2.34. The van der Waals surface area contributed by atoms with E-state index in [0.717, 1.165) is 24.3 Å². The summed E-state index contributed by atoms with van der Waals surface area (Å²) in [6.45, 7) is 4.30. The highest BCUT2D eigenvalue weighted by atomic mass is 32.2. The molecule has 7 heteroatoms. The van der Waals surface area contributed by atoms with Crippen LogP contribution in [-0.4, -0.2) is 45.6 Å². The maximum Gasteiger partial charge on any atom is 0.244 e. The van der Waals surface area contributed by atoms with E-state index >= 15 is 0 Å². The van der Waals surface area contributed by atoms with Gasteiger partial charge >= 0.3 is 0 Å². The third-order valence-corrected chi connectivity index (χ3v) is 6.38. The summed E-state index contributed by atoms with van der Waals surface area (Å²) in [4.78, 5) is 1.33. The summed E-state index contributed by atoms with van der Waals surface area (Å²) in [5.74, 6) is 0. The molecule has 1 heterocycles. The Bertz CT molecular complexity index is 523. The van der Waals surface area contributed by atoms with E-state index in [1.807, 2.05) is 12.3 Å². The van der Waals surface area contributed by atoms with Gasteiger partial charge in [0, 0.05) is 31.1 Å². The summed E-state index contributed by atoms with van der Waals surface area (Å²) in [7, 11) is -1.81. The molecule has 0 aromatic carbocycles. The lowest BCUT2D eigenvalue weighted by molar-refractivity contribution is 0.177. The van der Waals surface area contributed by atoms with Crippen molar-refractivity contribution in [2.45, 2.75) is 37.2 Å². The van der Waals surface area contributed by atoms with Crippen molar-refractivity contribution in [3.05, 3.63) is 16.3 Å². The van der Waals surface area contributed by atoms with Gasteiger partial charge in [-0.15, -0.1) is 11.3 Å². The van der Waals surface area contributed by atoms with Crippen LogP contribution in [0.15, 0.2) is 16.3 Å². The van der Waals surface area contributed by atoms with E-state index in [0.29, 0.717) is 24.6 Å². The Morgan fingerprint density at radius 2 is 2.25 bits per heavy atom. The van der Waals surface area contributed by atoms with Gasteiger partial charge < -0.3 is 10.1 Å². The zero-order chi connectivity index (χ0) is 14.6. The number of methoxy groups -OCH3 is 1. The number of thiophene rings is 1. The lowest BCUT2D eigenvalue weighted by Crippen LogP contribution is -2.36. The van der Waals surface area contributed by atoms with E-state index in [4.69, 9.17) is 4.74 Å². The summed E-state index contributed by atoms with van der Waals surface area (Å²) in [6.07, 6.45) is 1.91. The molecule has 114 valence electrons. The Kier molecular flexibility index (Phi) is 5.57. The lowest BCUT2D eigenvalue weighted by atomic mass is 10.4. The lowest BCUT2D eigenvalue weighted by Gasteiger charge is -2.21. The summed E-state index contributed by atoms with van der Waals surface area (Å²) >= 11 is 1.49. The van der Waals surface area contributed by atoms with Crippen LogP contribution in [0, 0.1) is 0 Å². The molecule has 0 radical (unpaired) electrons. The van der Waals surface area contributed by atoms with Crippen molar-refractivity contribution in [2.24, 2.45) is 0 Å². The number of nitrogens with one attached hydrogen (secondary N) is 1. The molecule has 1 fully saturated rings. The van der Waals surface area contributed by atoms with Crippen molar-refractivity contribution in [1.82, 2.24) is 9.62 Å². The van der Waals surface area contributed by atoms with Gasteiger partial charge in [0.15, 0.2) is 0 Å². The highest BCUT2D eigenvalue weighted by molar-refractivity contribution is 7.89. The molecule has 1 aliphatic rings. The van der Waals surface area contributed by atoms with Gasteiger partial charge in [-0.3, -0.25) is 0 Å². The Hall–Kier alpha value is -0.470. The van der Waals surface area contributed by atoms with Gasteiger partial charge in [-0.25, -0.2) is 8.42 Å². The third-order valence-electron chi connectivity index (χ3n) is 3.30. The van der Waals surface area contributed by atoms with E-state index < -0.39 is 10.0 Å². The van der Waals surface area contributed by atoms with Crippen LogP contribution in [0.3, 0.4) is 0 Å². The average Bonchev–Trinajstić information content (AvgIpc) is 3.13. The molecule has 1 aromatic heterocycles. The van der Waals surface area contributed by atoms with Gasteiger partial charge in [-0.05, 0) is 30.8 Å². The summed E-state index contributed by atoms with van der Waals surface area (Å²) in [5, 5.41) is 5.04. The number of hydrogen-bond donors (Lipinski definition) is 1. The van der Waals surface area contributed by atoms with Crippen LogP contribution in [0.2, 0.25) is 0 Å². The predicted octanol–water partition coefficient (Wildman–Crippen LogP) is 1.66. The van der Waals surface area contributed by atoms with Crippen LogP contribution < -0.4 is 5.32 Å². The van der Waals surface area contributed by atoms with Crippen molar-refractivity contribution in [3.63, 3.8) is 0 Å². The van der Waals surface area contributed by atoms with Crippen molar-refractivity contribution < 1.29 is 13.2 Å². The molecule has 0 saturated heterocycles. The Labute approximate surface area is 125 Å². The fraction of sp³-hybridized carbons (Fsp3) is 0.692. The second kappa shape index (κ2) is 7.00. The van der Waals surface area contributed by atoms with Crippen LogP contribution in [0.1, 0.15) is 24.6 Å². The van der Waals surface area contributed by atoms with Crippen LogP contribution in [0.4, 0.5) is 0 Å². The zero-order valence-electron chi connectivity index (χ0n) is 12.0. The second-order valence-corrected chi connectivity index (χ2v) is 7.69. The van der Waals surface area contributed by atoms with Gasteiger partial charge in [0.1, 0.15) is 0 Å². The topological polar surface area (TPSA) is 58.6 Å². The third kappa shape index (κ3) is 3.59. The van der Waals surface area contributed by atoms with Crippen molar-refractivity contribution in [2.75, 3.05) is 26.8 Å². The van der Waals surface area contributed by atoms with Crippen LogP contribution in [0.5, 0.6) is 0 Å². The van der Waals surface area contributed by atoms with E-state index in [1.165, 1.54) is 11.3 Å². The molecule has 0 unspecified atom stereocenters. The smallest absolute Gasteiger partial charge is 0.244 e. The first-order valence-electron chi connectivity index (χ1n) is 6.89. The fourth-order valence-electron chi connectivity index (χ4n) is 2.10. The number of ether oxygens (including phenoxy) is 1. The molecule has 5 nitrogen and oxygen atoms in total. The molecule has 1 aromatic rings. The molecule has 1 N–H and O–H groups in total. The number of nitrogens with zero attached hydrogens (tertiary/aromatic N) is 1. The summed E-state index contributed by atoms with van der Waals surface area (Å²) < 4.78 is 32.3. The van der Waals surface area contributed by atoms with Gasteiger partial charge in [0.05, 0.1) is 11.5 Å². The molecular formula is C13H22N2O3S2. The second-order valence-electron chi connectivity index (χ2n) is 4.83. The predicted molar refractivity (Wildman–Crippen MR) is 80.5 cm³/mol. The number of sulfonamides is 1. The minimum absolute atomic E-state index is 0.155. The molecule has 0 amide bonds. The summed E-state index contributed by atoms with van der Waals surface area (Å²) in [5.41, 5.74) is 0. The van der Waals surface area contributed by atoms with E-state index in [2.05, 4.69) is 5.32 Å². The highest BCUT2D eigenvalue weighted by Gasteiger charge is 2.38. The first-order chi connectivity index (χ1) is 9.61. The molecule has 0 aliphatic heterocycles. The van der Waals surface area contributed by atoms with E-state index in [-0.39, 0.29) is 6.04 Å². The summed E-state index contributed by atoms with van der Waals surface area (Å²) in [6, 6.07) is 1.87. The minimum atomic E-state index is -3.40. The van der Waals surface area contributed by atoms with Crippen molar-refractivity contribution >= 4 is 21.4 Å². The molecule has 1 aliphatic carbocycles. The Morgan fingerprint density at radius 1 is 1.50 bits per heavy atom. The van der Waals surface area contributed by atoms with Gasteiger partial charge in [0.25, 0.3) is 0 Å². The first kappa shape index (κ1) is 15.9. The van der Waals surface area contributed by atoms with Gasteiger partial charge in [0.2, 0.25) is 10.0 Å². The molecule has 0 bridgehead atoms. The largest absolute Gasteiger partial charge is 0.383 e. The van der Waals surface area contributed by atoms with E-state index in [9.17, 15) is 8.42 Å². The normalized spacial score (nSPS) is 15.9. The zero-order valence-corrected chi connectivity index (χ0v) is 13.6. The maximum absolute atomic E-state index is 12.8. The van der Waals surface area contributed by atoms with Crippen molar-refractivity contribution in [3.8, 4) is 0 Å². The number of hydrogen-bond acceptors (Lipinski definition) is 5. The molecule has 1 saturated carbocycles. The van der Waals surface area contributed by atoms with Gasteiger partial charge in [-0.2, -0.15) is 4.31 Å². The minimum Gasteiger partial charge on any atom is -0.383 e. The maximum atomic E-state index is 12.8. The van der Waals surface area contributed by atoms with Crippen LogP contribution in [0.25, 0.3) is 0 Å². The SMILES string of the molecule is CCNCc1sccc1S(=O)(=O)N(CCOC)C1CC1. The quantitative estimate of drug-likeness (QED) is 0.752. The van der Waals surface area contributed by atoms with Crippen LogP contribution in [-0.2, 0) is 21.3 Å².